The maximum absolute atomic E-state index is 12.5. The summed E-state index contributed by atoms with van der Waals surface area (Å²) >= 11 is 0. The fraction of sp³-hybridized carbons (Fsp3) is 0.0588. The van der Waals surface area contributed by atoms with Gasteiger partial charge in [0.25, 0.3) is 5.91 Å². The van der Waals surface area contributed by atoms with E-state index in [0.29, 0.717) is 5.56 Å². The lowest BCUT2D eigenvalue weighted by molar-refractivity contribution is 0.0993. The van der Waals surface area contributed by atoms with Gasteiger partial charge in [-0.05, 0) is 24.3 Å². The molecule has 98 valence electrons. The molecule has 0 aliphatic carbocycles. The molecule has 3 aromatic rings. The number of para-hydroxylation sites is 2. The van der Waals surface area contributed by atoms with E-state index in [4.69, 9.17) is 0 Å². The van der Waals surface area contributed by atoms with E-state index in [1.165, 1.54) is 0 Å². The Labute approximate surface area is 117 Å². The Morgan fingerprint density at radius 3 is 2.50 bits per heavy atom. The second kappa shape index (κ2) is 5.13. The number of aromatic nitrogens is 1. The van der Waals surface area contributed by atoms with Crippen molar-refractivity contribution < 1.29 is 4.79 Å². The standard InChI is InChI=1S/C17H14N2O/c1-19(15-8-3-2-4-9-15)17(20)14-11-13-7-5-6-10-16(13)18-12-14/h2-12H,1H3. The molecule has 2 aromatic carbocycles. The molecule has 0 aliphatic rings. The number of hydrogen-bond acceptors (Lipinski definition) is 2. The van der Waals surface area contributed by atoms with Gasteiger partial charge in [0.15, 0.2) is 0 Å². The van der Waals surface area contributed by atoms with Crippen LogP contribution in [0.25, 0.3) is 10.9 Å². The maximum atomic E-state index is 12.5. The first-order chi connectivity index (χ1) is 9.75. The van der Waals surface area contributed by atoms with Gasteiger partial charge in [-0.25, -0.2) is 0 Å². The van der Waals surface area contributed by atoms with Crippen molar-refractivity contribution in [3.05, 3.63) is 72.4 Å². The third-order valence-corrected chi connectivity index (χ3v) is 3.29. The van der Waals surface area contributed by atoms with Crippen LogP contribution in [0.4, 0.5) is 5.69 Å². The number of pyridine rings is 1. The molecule has 1 heterocycles. The molecule has 0 atom stereocenters. The Hall–Kier alpha value is -2.68. The van der Waals surface area contributed by atoms with Crippen LogP contribution in [0, 0.1) is 0 Å². The number of carbonyl (C=O) groups is 1. The summed E-state index contributed by atoms with van der Waals surface area (Å²) in [5.74, 6) is -0.0607. The molecule has 1 amide bonds. The SMILES string of the molecule is CN(C(=O)c1cnc2ccccc2c1)c1ccccc1. The lowest BCUT2D eigenvalue weighted by atomic mass is 10.1. The number of anilines is 1. The normalized spacial score (nSPS) is 10.4. The molecular formula is C17H14N2O. The number of hydrogen-bond donors (Lipinski definition) is 0. The van der Waals surface area contributed by atoms with Crippen LogP contribution in [-0.4, -0.2) is 17.9 Å². The zero-order chi connectivity index (χ0) is 13.9. The first kappa shape index (κ1) is 12.4. The molecule has 0 N–H and O–H groups in total. The number of fused-ring (bicyclic) bond motifs is 1. The van der Waals surface area contributed by atoms with Gasteiger partial charge in [0, 0.05) is 24.3 Å². The van der Waals surface area contributed by atoms with Gasteiger partial charge in [-0.3, -0.25) is 9.78 Å². The Kier molecular flexibility index (Phi) is 3.17. The average Bonchev–Trinajstić information content (AvgIpc) is 2.54. The molecule has 0 saturated carbocycles. The van der Waals surface area contributed by atoms with Gasteiger partial charge in [-0.2, -0.15) is 0 Å². The predicted molar refractivity (Wildman–Crippen MR) is 80.9 cm³/mol. The molecule has 0 unspecified atom stereocenters. The van der Waals surface area contributed by atoms with Crippen LogP contribution < -0.4 is 4.90 Å². The highest BCUT2D eigenvalue weighted by atomic mass is 16.2. The topological polar surface area (TPSA) is 33.2 Å². The molecule has 3 heteroatoms. The van der Waals surface area contributed by atoms with Crippen LogP contribution >= 0.6 is 0 Å². The van der Waals surface area contributed by atoms with Gasteiger partial charge in [0.2, 0.25) is 0 Å². The Morgan fingerprint density at radius 1 is 1.00 bits per heavy atom. The summed E-state index contributed by atoms with van der Waals surface area (Å²) in [5, 5.41) is 0.972. The summed E-state index contributed by atoms with van der Waals surface area (Å²) in [4.78, 5) is 18.4. The second-order valence-electron chi connectivity index (χ2n) is 4.62. The summed E-state index contributed by atoms with van der Waals surface area (Å²) in [6.07, 6.45) is 1.63. The van der Waals surface area contributed by atoms with E-state index in [1.54, 1.807) is 18.1 Å². The Bertz CT molecular complexity index is 753. The van der Waals surface area contributed by atoms with E-state index in [0.717, 1.165) is 16.6 Å². The summed E-state index contributed by atoms with van der Waals surface area (Å²) in [6, 6.07) is 19.2. The summed E-state index contributed by atoms with van der Waals surface area (Å²) in [6.45, 7) is 0. The highest BCUT2D eigenvalue weighted by Crippen LogP contribution is 2.17. The summed E-state index contributed by atoms with van der Waals surface area (Å²) in [5.41, 5.74) is 2.35. The van der Waals surface area contributed by atoms with Gasteiger partial charge >= 0.3 is 0 Å². The highest BCUT2D eigenvalue weighted by molar-refractivity contribution is 6.07. The maximum Gasteiger partial charge on any atom is 0.259 e. The van der Waals surface area contributed by atoms with Crippen LogP contribution in [0.15, 0.2) is 66.9 Å². The third-order valence-electron chi connectivity index (χ3n) is 3.29. The van der Waals surface area contributed by atoms with E-state index >= 15 is 0 Å². The molecule has 0 saturated heterocycles. The van der Waals surface area contributed by atoms with Gasteiger partial charge in [0.1, 0.15) is 0 Å². The summed E-state index contributed by atoms with van der Waals surface area (Å²) < 4.78 is 0. The van der Waals surface area contributed by atoms with Crippen LogP contribution in [0.3, 0.4) is 0 Å². The van der Waals surface area contributed by atoms with Crippen molar-refractivity contribution in [2.45, 2.75) is 0 Å². The largest absolute Gasteiger partial charge is 0.311 e. The quantitative estimate of drug-likeness (QED) is 0.708. The molecular weight excluding hydrogens is 248 g/mol. The molecule has 0 spiro atoms. The lowest BCUT2D eigenvalue weighted by Crippen LogP contribution is -2.26. The molecule has 1 aromatic heterocycles. The predicted octanol–water partition coefficient (Wildman–Crippen LogP) is 3.51. The Balaban J connectivity index is 1.96. The van der Waals surface area contributed by atoms with Crippen LogP contribution in [-0.2, 0) is 0 Å². The first-order valence-electron chi connectivity index (χ1n) is 6.43. The minimum absolute atomic E-state index is 0.0607. The van der Waals surface area contributed by atoms with E-state index < -0.39 is 0 Å². The van der Waals surface area contributed by atoms with E-state index in [1.807, 2.05) is 60.7 Å². The van der Waals surface area contributed by atoms with Crippen molar-refractivity contribution in [1.29, 1.82) is 0 Å². The number of nitrogens with zero attached hydrogens (tertiary/aromatic N) is 2. The average molecular weight is 262 g/mol. The number of rotatable bonds is 2. The van der Waals surface area contributed by atoms with Gasteiger partial charge in [0.05, 0.1) is 11.1 Å². The van der Waals surface area contributed by atoms with Crippen molar-refractivity contribution in [3.8, 4) is 0 Å². The fourth-order valence-electron chi connectivity index (χ4n) is 2.15. The molecule has 20 heavy (non-hydrogen) atoms. The van der Waals surface area contributed by atoms with E-state index in [2.05, 4.69) is 4.98 Å². The lowest BCUT2D eigenvalue weighted by Gasteiger charge is -2.17. The molecule has 0 fully saturated rings. The molecule has 3 nitrogen and oxygen atoms in total. The first-order valence-corrected chi connectivity index (χ1v) is 6.43. The van der Waals surface area contributed by atoms with Crippen LogP contribution in [0.1, 0.15) is 10.4 Å². The van der Waals surface area contributed by atoms with Gasteiger partial charge in [-0.15, -0.1) is 0 Å². The Morgan fingerprint density at radius 2 is 1.70 bits per heavy atom. The van der Waals surface area contributed by atoms with Crippen molar-refractivity contribution in [1.82, 2.24) is 4.98 Å². The number of carbonyl (C=O) groups excluding carboxylic acids is 1. The smallest absolute Gasteiger partial charge is 0.259 e. The van der Waals surface area contributed by atoms with Gasteiger partial charge < -0.3 is 4.90 Å². The molecule has 0 bridgehead atoms. The van der Waals surface area contributed by atoms with Crippen LogP contribution in [0.5, 0.6) is 0 Å². The van der Waals surface area contributed by atoms with Gasteiger partial charge in [-0.1, -0.05) is 36.4 Å². The van der Waals surface area contributed by atoms with Crippen molar-refractivity contribution >= 4 is 22.5 Å². The zero-order valence-electron chi connectivity index (χ0n) is 11.2. The number of amides is 1. The monoisotopic (exact) mass is 262 g/mol. The minimum Gasteiger partial charge on any atom is -0.311 e. The molecule has 0 radical (unpaired) electrons. The highest BCUT2D eigenvalue weighted by Gasteiger charge is 2.13. The second-order valence-corrected chi connectivity index (χ2v) is 4.62. The zero-order valence-corrected chi connectivity index (χ0v) is 11.2. The molecule has 0 aliphatic heterocycles. The third kappa shape index (κ3) is 2.26. The molecule has 3 rings (SSSR count). The van der Waals surface area contributed by atoms with Crippen LogP contribution in [0.2, 0.25) is 0 Å². The fourth-order valence-corrected chi connectivity index (χ4v) is 2.15. The van der Waals surface area contributed by atoms with Crippen molar-refractivity contribution in [3.63, 3.8) is 0 Å². The number of benzene rings is 2. The van der Waals surface area contributed by atoms with Crippen molar-refractivity contribution in [2.24, 2.45) is 0 Å². The minimum atomic E-state index is -0.0607. The van der Waals surface area contributed by atoms with Crippen molar-refractivity contribution in [2.75, 3.05) is 11.9 Å². The van der Waals surface area contributed by atoms with E-state index in [9.17, 15) is 4.79 Å². The van der Waals surface area contributed by atoms with E-state index in [-0.39, 0.29) is 5.91 Å². The summed E-state index contributed by atoms with van der Waals surface area (Å²) in [7, 11) is 1.77.